The summed E-state index contributed by atoms with van der Waals surface area (Å²) >= 11 is 0. The van der Waals surface area contributed by atoms with Gasteiger partial charge in [0.2, 0.25) is 0 Å². The summed E-state index contributed by atoms with van der Waals surface area (Å²) in [5.74, 6) is 0.845. The summed E-state index contributed by atoms with van der Waals surface area (Å²) in [6.07, 6.45) is 9.01. The van der Waals surface area contributed by atoms with E-state index in [0.29, 0.717) is 5.41 Å². The van der Waals surface area contributed by atoms with Crippen molar-refractivity contribution in [2.24, 2.45) is 5.92 Å². The van der Waals surface area contributed by atoms with E-state index in [1.54, 1.807) is 5.56 Å². The molecule has 1 aromatic carbocycles. The van der Waals surface area contributed by atoms with Gasteiger partial charge in [-0.15, -0.1) is 6.58 Å². The Labute approximate surface area is 117 Å². The summed E-state index contributed by atoms with van der Waals surface area (Å²) < 4.78 is 0. The van der Waals surface area contributed by atoms with E-state index in [0.717, 1.165) is 12.5 Å². The number of benzene rings is 1. The molecule has 2 aliphatic rings. The highest BCUT2D eigenvalue weighted by molar-refractivity contribution is 5.28. The molecule has 1 heteroatoms. The average molecular weight is 255 g/mol. The molecule has 2 fully saturated rings. The van der Waals surface area contributed by atoms with Crippen LogP contribution < -0.4 is 0 Å². The molecule has 1 aliphatic heterocycles. The molecule has 3 rings (SSSR count). The normalized spacial score (nSPS) is 31.7. The van der Waals surface area contributed by atoms with Crippen LogP contribution in [0.3, 0.4) is 0 Å². The maximum Gasteiger partial charge on any atom is 0.0160 e. The van der Waals surface area contributed by atoms with E-state index in [9.17, 15) is 0 Å². The maximum absolute atomic E-state index is 3.89. The minimum atomic E-state index is 0.469. The van der Waals surface area contributed by atoms with Crippen molar-refractivity contribution < 1.29 is 0 Å². The van der Waals surface area contributed by atoms with Crippen molar-refractivity contribution >= 4 is 0 Å². The number of rotatable bonds is 3. The second-order valence-corrected chi connectivity index (χ2v) is 6.26. The third-order valence-corrected chi connectivity index (χ3v) is 5.30. The van der Waals surface area contributed by atoms with Crippen LogP contribution in [0.4, 0.5) is 0 Å². The number of hydrogen-bond acceptors (Lipinski definition) is 1. The van der Waals surface area contributed by atoms with E-state index < -0.39 is 0 Å². The molecule has 102 valence electrons. The molecule has 0 unspecified atom stereocenters. The Morgan fingerprint density at radius 1 is 1.21 bits per heavy atom. The quantitative estimate of drug-likeness (QED) is 0.738. The molecule has 0 amide bonds. The summed E-state index contributed by atoms with van der Waals surface area (Å²) in [7, 11) is 0. The van der Waals surface area contributed by atoms with Crippen LogP contribution in [-0.4, -0.2) is 24.5 Å². The molecule has 0 spiro atoms. The van der Waals surface area contributed by atoms with Gasteiger partial charge >= 0.3 is 0 Å². The van der Waals surface area contributed by atoms with Crippen molar-refractivity contribution in [3.63, 3.8) is 0 Å². The molecule has 1 saturated heterocycles. The number of fused-ring (bicyclic) bond motifs is 1. The number of likely N-dealkylation sites (tertiary alicyclic amines) is 1. The van der Waals surface area contributed by atoms with E-state index in [4.69, 9.17) is 0 Å². The van der Waals surface area contributed by atoms with Crippen molar-refractivity contribution in [2.75, 3.05) is 19.6 Å². The lowest BCUT2D eigenvalue weighted by Crippen LogP contribution is -2.51. The molecule has 0 radical (unpaired) electrons. The van der Waals surface area contributed by atoms with Gasteiger partial charge in [-0.25, -0.2) is 0 Å². The molecule has 1 nitrogen and oxygen atoms in total. The number of piperidine rings is 1. The van der Waals surface area contributed by atoms with Gasteiger partial charge in [0, 0.05) is 18.5 Å². The van der Waals surface area contributed by atoms with Crippen LogP contribution in [0.1, 0.15) is 37.7 Å². The zero-order chi connectivity index (χ0) is 13.1. The molecule has 1 saturated carbocycles. The molecule has 1 aromatic rings. The first-order valence-electron chi connectivity index (χ1n) is 7.74. The van der Waals surface area contributed by atoms with Crippen LogP contribution in [0.15, 0.2) is 43.0 Å². The lowest BCUT2D eigenvalue weighted by atomic mass is 9.59. The molecular formula is C18H25N. The summed E-state index contributed by atoms with van der Waals surface area (Å²) in [5.41, 5.74) is 2.06. The molecule has 1 aliphatic carbocycles. The molecule has 0 N–H and O–H groups in total. The fraction of sp³-hybridized carbons (Fsp3) is 0.556. The zero-order valence-electron chi connectivity index (χ0n) is 11.9. The second kappa shape index (κ2) is 5.50. The monoisotopic (exact) mass is 255 g/mol. The fourth-order valence-electron chi connectivity index (χ4n) is 4.31. The Morgan fingerprint density at radius 2 is 2.05 bits per heavy atom. The predicted octanol–water partition coefficient (Wildman–Crippen LogP) is 4.01. The topological polar surface area (TPSA) is 3.24 Å². The van der Waals surface area contributed by atoms with Crippen LogP contribution in [0, 0.1) is 5.92 Å². The van der Waals surface area contributed by atoms with Gasteiger partial charge < -0.3 is 0 Å². The number of hydrogen-bond donors (Lipinski definition) is 0. The summed E-state index contributed by atoms with van der Waals surface area (Å²) in [4.78, 5) is 2.59. The highest BCUT2D eigenvalue weighted by Crippen LogP contribution is 2.48. The van der Waals surface area contributed by atoms with Gasteiger partial charge in [-0.05, 0) is 37.3 Å². The van der Waals surface area contributed by atoms with Gasteiger partial charge in [0.1, 0.15) is 0 Å². The summed E-state index contributed by atoms with van der Waals surface area (Å²) in [5, 5.41) is 0. The molecule has 0 aromatic heterocycles. The summed E-state index contributed by atoms with van der Waals surface area (Å²) in [6.45, 7) is 7.45. The Morgan fingerprint density at radius 3 is 2.84 bits per heavy atom. The first-order valence-corrected chi connectivity index (χ1v) is 7.74. The van der Waals surface area contributed by atoms with Gasteiger partial charge in [-0.1, -0.05) is 49.2 Å². The standard InChI is InChI=1S/C18H25N/c1-2-13-19-14-12-18(16-8-4-3-5-9-16)11-7-6-10-17(18)15-19/h2-5,8-9,17H,1,6-7,10-15H2/t17-,18+/m0/s1. The molecule has 0 bridgehead atoms. The van der Waals surface area contributed by atoms with Gasteiger partial charge in [0.25, 0.3) is 0 Å². The van der Waals surface area contributed by atoms with Crippen LogP contribution in [-0.2, 0) is 5.41 Å². The van der Waals surface area contributed by atoms with Crippen molar-refractivity contribution in [1.29, 1.82) is 0 Å². The van der Waals surface area contributed by atoms with Crippen LogP contribution in [0.5, 0.6) is 0 Å². The molecule has 1 heterocycles. The largest absolute Gasteiger partial charge is 0.299 e. The number of nitrogens with zero attached hydrogens (tertiary/aromatic N) is 1. The Hall–Kier alpha value is -1.08. The Kier molecular flexibility index (Phi) is 3.74. The van der Waals surface area contributed by atoms with Crippen molar-refractivity contribution in [3.05, 3.63) is 48.6 Å². The maximum atomic E-state index is 3.89. The van der Waals surface area contributed by atoms with Crippen molar-refractivity contribution in [3.8, 4) is 0 Å². The molecule has 2 atom stereocenters. The SMILES string of the molecule is C=CCN1CC[C@@]2(c3ccccc3)CCCC[C@H]2C1. The lowest BCUT2D eigenvalue weighted by Gasteiger charge is -2.51. The van der Waals surface area contributed by atoms with Crippen molar-refractivity contribution in [1.82, 2.24) is 4.90 Å². The van der Waals surface area contributed by atoms with E-state index in [-0.39, 0.29) is 0 Å². The molecule has 19 heavy (non-hydrogen) atoms. The van der Waals surface area contributed by atoms with Crippen LogP contribution in [0.2, 0.25) is 0 Å². The highest BCUT2D eigenvalue weighted by Gasteiger charge is 2.44. The van der Waals surface area contributed by atoms with Gasteiger partial charge in [0.15, 0.2) is 0 Å². The lowest BCUT2D eigenvalue weighted by molar-refractivity contribution is 0.0628. The zero-order valence-corrected chi connectivity index (χ0v) is 11.9. The third kappa shape index (κ3) is 2.36. The van der Waals surface area contributed by atoms with Crippen molar-refractivity contribution in [2.45, 2.75) is 37.5 Å². The van der Waals surface area contributed by atoms with E-state index in [2.05, 4.69) is 47.9 Å². The summed E-state index contributed by atoms with van der Waals surface area (Å²) in [6, 6.07) is 11.3. The fourth-order valence-corrected chi connectivity index (χ4v) is 4.31. The smallest absolute Gasteiger partial charge is 0.0160 e. The van der Waals surface area contributed by atoms with Gasteiger partial charge in [-0.3, -0.25) is 4.90 Å². The van der Waals surface area contributed by atoms with Gasteiger partial charge in [-0.2, -0.15) is 0 Å². The highest BCUT2D eigenvalue weighted by atomic mass is 15.1. The van der Waals surface area contributed by atoms with Crippen LogP contribution >= 0.6 is 0 Å². The Bertz CT molecular complexity index is 425. The second-order valence-electron chi connectivity index (χ2n) is 6.26. The molecular weight excluding hydrogens is 230 g/mol. The third-order valence-electron chi connectivity index (χ3n) is 5.30. The first kappa shape index (κ1) is 12.9. The first-order chi connectivity index (χ1) is 9.35. The van der Waals surface area contributed by atoms with E-state index in [1.807, 2.05) is 0 Å². The average Bonchev–Trinajstić information content (AvgIpc) is 2.48. The van der Waals surface area contributed by atoms with E-state index in [1.165, 1.54) is 45.2 Å². The minimum absolute atomic E-state index is 0.469. The Balaban J connectivity index is 1.87. The van der Waals surface area contributed by atoms with E-state index >= 15 is 0 Å². The van der Waals surface area contributed by atoms with Gasteiger partial charge in [0.05, 0.1) is 0 Å². The predicted molar refractivity (Wildman–Crippen MR) is 81.3 cm³/mol. The van der Waals surface area contributed by atoms with Crippen LogP contribution in [0.25, 0.3) is 0 Å². The minimum Gasteiger partial charge on any atom is -0.299 e.